The maximum absolute atomic E-state index is 14.0. The van der Waals surface area contributed by atoms with Gasteiger partial charge in [0.1, 0.15) is 11.6 Å². The van der Waals surface area contributed by atoms with E-state index in [1.54, 1.807) is 48.3 Å². The van der Waals surface area contributed by atoms with Crippen molar-refractivity contribution < 1.29 is 13.9 Å². The Balaban J connectivity index is 1.82. The van der Waals surface area contributed by atoms with Gasteiger partial charge in [0.2, 0.25) is 0 Å². The monoisotopic (exact) mass is 392 g/mol. The average Bonchev–Trinajstić information content (AvgIpc) is 3.11. The third-order valence-electron chi connectivity index (χ3n) is 4.59. The number of esters is 1. The number of aromatic nitrogens is 2. The summed E-state index contributed by atoms with van der Waals surface area (Å²) in [6, 6.07) is 15.8. The molecule has 2 aromatic carbocycles. The van der Waals surface area contributed by atoms with Crippen LogP contribution in [0.3, 0.4) is 0 Å². The summed E-state index contributed by atoms with van der Waals surface area (Å²) in [4.78, 5) is 17.5. The standard InChI is InChI=1S/C22H17FN2O2S/c1-27-22(26)14-7-9-17-19(11-14)25(13-20(17)28-2)21-10-8-15(12-24-21)16-5-3-4-6-18(16)23/h3-13H,1-2H3. The number of carbonyl (C=O) groups is 1. The van der Waals surface area contributed by atoms with Crippen molar-refractivity contribution in [2.24, 2.45) is 0 Å². The molecule has 4 aromatic rings. The zero-order valence-electron chi connectivity index (χ0n) is 15.3. The quantitative estimate of drug-likeness (QED) is 0.347. The van der Waals surface area contributed by atoms with Crippen molar-refractivity contribution in [2.75, 3.05) is 13.4 Å². The van der Waals surface area contributed by atoms with Crippen molar-refractivity contribution in [3.05, 3.63) is 78.4 Å². The first-order chi connectivity index (χ1) is 13.6. The summed E-state index contributed by atoms with van der Waals surface area (Å²) in [5.74, 6) is 0.0199. The Hall–Kier alpha value is -3.12. The van der Waals surface area contributed by atoms with E-state index in [4.69, 9.17) is 4.74 Å². The van der Waals surface area contributed by atoms with E-state index in [0.29, 0.717) is 22.5 Å². The first-order valence-electron chi connectivity index (χ1n) is 8.61. The van der Waals surface area contributed by atoms with Gasteiger partial charge in [-0.3, -0.25) is 0 Å². The van der Waals surface area contributed by atoms with Crippen molar-refractivity contribution in [3.8, 4) is 16.9 Å². The maximum Gasteiger partial charge on any atom is 0.337 e. The van der Waals surface area contributed by atoms with Crippen molar-refractivity contribution in [1.82, 2.24) is 9.55 Å². The Kier molecular flexibility index (Phi) is 4.88. The molecule has 0 atom stereocenters. The zero-order valence-corrected chi connectivity index (χ0v) is 16.2. The molecule has 28 heavy (non-hydrogen) atoms. The molecule has 0 unspecified atom stereocenters. The molecule has 4 nitrogen and oxygen atoms in total. The molecular weight excluding hydrogens is 375 g/mol. The lowest BCUT2D eigenvalue weighted by molar-refractivity contribution is 0.0601. The number of halogens is 1. The largest absolute Gasteiger partial charge is 0.465 e. The molecule has 0 aliphatic rings. The summed E-state index contributed by atoms with van der Waals surface area (Å²) in [6.45, 7) is 0. The molecule has 6 heteroatoms. The minimum atomic E-state index is -0.386. The number of hydrogen-bond acceptors (Lipinski definition) is 4. The fraction of sp³-hybridized carbons (Fsp3) is 0.0909. The number of carbonyl (C=O) groups excluding carboxylic acids is 1. The lowest BCUT2D eigenvalue weighted by Gasteiger charge is -2.08. The summed E-state index contributed by atoms with van der Waals surface area (Å²) in [7, 11) is 1.36. The van der Waals surface area contributed by atoms with Crippen LogP contribution in [-0.2, 0) is 4.74 Å². The predicted molar refractivity (Wildman–Crippen MR) is 110 cm³/mol. The summed E-state index contributed by atoms with van der Waals surface area (Å²) in [5, 5.41) is 1.03. The van der Waals surface area contributed by atoms with Gasteiger partial charge in [0.25, 0.3) is 0 Å². The van der Waals surface area contributed by atoms with E-state index in [0.717, 1.165) is 15.8 Å². The lowest BCUT2D eigenvalue weighted by Crippen LogP contribution is -2.02. The fourth-order valence-electron chi connectivity index (χ4n) is 3.18. The van der Waals surface area contributed by atoms with E-state index in [2.05, 4.69) is 4.98 Å². The minimum absolute atomic E-state index is 0.282. The number of ether oxygens (including phenoxy) is 1. The number of nitrogens with zero attached hydrogens (tertiary/aromatic N) is 2. The van der Waals surface area contributed by atoms with Gasteiger partial charge < -0.3 is 9.30 Å². The molecule has 4 rings (SSSR count). The van der Waals surface area contributed by atoms with Gasteiger partial charge in [0, 0.05) is 33.8 Å². The summed E-state index contributed by atoms with van der Waals surface area (Å²) >= 11 is 1.62. The molecule has 2 aromatic heterocycles. The molecule has 0 bridgehead atoms. The average molecular weight is 392 g/mol. The Morgan fingerprint density at radius 3 is 2.64 bits per heavy atom. The van der Waals surface area contributed by atoms with Crippen molar-refractivity contribution in [3.63, 3.8) is 0 Å². The van der Waals surface area contributed by atoms with Crippen LogP contribution in [0.5, 0.6) is 0 Å². The maximum atomic E-state index is 14.0. The summed E-state index contributed by atoms with van der Waals surface area (Å²) < 4.78 is 20.8. The summed E-state index contributed by atoms with van der Waals surface area (Å²) in [6.07, 6.45) is 5.64. The molecule has 0 N–H and O–H groups in total. The zero-order chi connectivity index (χ0) is 19.7. The number of hydrogen-bond donors (Lipinski definition) is 0. The second-order valence-electron chi connectivity index (χ2n) is 6.18. The van der Waals surface area contributed by atoms with E-state index >= 15 is 0 Å². The molecule has 2 heterocycles. The number of benzene rings is 2. The molecule has 0 aliphatic heterocycles. The van der Waals surface area contributed by atoms with Crippen LogP contribution in [0.4, 0.5) is 4.39 Å². The third-order valence-corrected chi connectivity index (χ3v) is 5.35. The van der Waals surface area contributed by atoms with Crippen LogP contribution in [0, 0.1) is 5.82 Å². The minimum Gasteiger partial charge on any atom is -0.465 e. The predicted octanol–water partition coefficient (Wildman–Crippen LogP) is 5.34. The van der Waals surface area contributed by atoms with Gasteiger partial charge in [0.15, 0.2) is 0 Å². The highest BCUT2D eigenvalue weighted by Crippen LogP contribution is 2.32. The second-order valence-corrected chi connectivity index (χ2v) is 7.02. The molecule has 0 amide bonds. The number of rotatable bonds is 4. The van der Waals surface area contributed by atoms with E-state index in [1.807, 2.05) is 35.2 Å². The van der Waals surface area contributed by atoms with Gasteiger partial charge in [0.05, 0.1) is 18.2 Å². The third kappa shape index (κ3) is 3.16. The highest BCUT2D eigenvalue weighted by Gasteiger charge is 2.14. The number of fused-ring (bicyclic) bond motifs is 1. The lowest BCUT2D eigenvalue weighted by atomic mass is 10.1. The van der Waals surface area contributed by atoms with Gasteiger partial charge in [-0.05, 0) is 36.6 Å². The molecule has 0 radical (unpaired) electrons. The molecular formula is C22H17FN2O2S. The molecule has 0 spiro atoms. The Bertz CT molecular complexity index is 1170. The van der Waals surface area contributed by atoms with Gasteiger partial charge in [-0.15, -0.1) is 11.8 Å². The van der Waals surface area contributed by atoms with Crippen LogP contribution < -0.4 is 0 Å². The molecule has 0 saturated heterocycles. The highest BCUT2D eigenvalue weighted by molar-refractivity contribution is 7.98. The van der Waals surface area contributed by atoms with Crippen molar-refractivity contribution >= 4 is 28.6 Å². The Morgan fingerprint density at radius 1 is 1.14 bits per heavy atom. The summed E-state index contributed by atoms with van der Waals surface area (Å²) in [5.41, 5.74) is 2.55. The van der Waals surface area contributed by atoms with Gasteiger partial charge in [-0.2, -0.15) is 0 Å². The fourth-order valence-corrected chi connectivity index (χ4v) is 3.78. The first-order valence-corrected chi connectivity index (χ1v) is 9.83. The van der Waals surface area contributed by atoms with E-state index in [9.17, 15) is 9.18 Å². The van der Waals surface area contributed by atoms with Crippen LogP contribution in [0.15, 0.2) is 71.9 Å². The van der Waals surface area contributed by atoms with E-state index < -0.39 is 0 Å². The first kappa shape index (κ1) is 18.3. The molecule has 140 valence electrons. The highest BCUT2D eigenvalue weighted by atomic mass is 32.2. The Morgan fingerprint density at radius 2 is 1.96 bits per heavy atom. The van der Waals surface area contributed by atoms with Crippen LogP contribution in [0.25, 0.3) is 27.8 Å². The van der Waals surface area contributed by atoms with Crippen LogP contribution in [0.2, 0.25) is 0 Å². The van der Waals surface area contributed by atoms with Crippen molar-refractivity contribution in [1.29, 1.82) is 0 Å². The Labute approximate surface area is 166 Å². The van der Waals surface area contributed by atoms with Gasteiger partial charge in [-0.25, -0.2) is 14.2 Å². The molecule has 0 saturated carbocycles. The molecule has 0 aliphatic carbocycles. The second kappa shape index (κ2) is 7.48. The van der Waals surface area contributed by atoms with Gasteiger partial charge in [-0.1, -0.05) is 24.3 Å². The topological polar surface area (TPSA) is 44.1 Å². The van der Waals surface area contributed by atoms with Crippen LogP contribution in [-0.4, -0.2) is 28.9 Å². The van der Waals surface area contributed by atoms with Crippen molar-refractivity contribution in [2.45, 2.75) is 4.90 Å². The SMILES string of the molecule is COC(=O)c1ccc2c(SC)cn(-c3ccc(-c4ccccc4F)cn3)c2c1. The molecule has 0 fully saturated rings. The number of thioether (sulfide) groups is 1. The van der Waals surface area contributed by atoms with Crippen LogP contribution in [0.1, 0.15) is 10.4 Å². The number of pyridine rings is 1. The van der Waals surface area contributed by atoms with E-state index in [1.165, 1.54) is 13.2 Å². The number of methoxy groups -OCH3 is 1. The normalized spacial score (nSPS) is 11.0. The van der Waals surface area contributed by atoms with E-state index in [-0.39, 0.29) is 11.8 Å². The smallest absolute Gasteiger partial charge is 0.337 e. The van der Waals surface area contributed by atoms with Crippen LogP contribution >= 0.6 is 11.8 Å². The van der Waals surface area contributed by atoms with Gasteiger partial charge >= 0.3 is 5.97 Å².